The molecular weight excluding hydrogens is 1020 g/mol. The van der Waals surface area contributed by atoms with Crippen molar-refractivity contribution in [1.82, 2.24) is 0 Å². The Kier molecular flexibility index (Phi) is 39.5. The molecule has 0 fully saturated rings. The van der Waals surface area contributed by atoms with E-state index >= 15 is 0 Å². The monoisotopic (exact) mass is 1120 g/mol. The van der Waals surface area contributed by atoms with Crippen LogP contribution >= 0.6 is 0 Å². The van der Waals surface area contributed by atoms with Gasteiger partial charge in [0.25, 0.3) is 0 Å². The molecule has 0 saturated carbocycles. The normalized spacial score (nSPS) is 15.7. The summed E-state index contributed by atoms with van der Waals surface area (Å²) in [7, 11) is 0. The van der Waals surface area contributed by atoms with Gasteiger partial charge in [0, 0.05) is 12.8 Å². The third-order valence-electron chi connectivity index (χ3n) is 14.5. The minimum Gasteiger partial charge on any atom is -0.171 e. The van der Waals surface area contributed by atoms with Gasteiger partial charge in [0.2, 0.25) is 0 Å². The van der Waals surface area contributed by atoms with E-state index in [1.54, 1.807) is 96.9 Å². The predicted octanol–water partition coefficient (Wildman–Crippen LogP) is 24.1. The van der Waals surface area contributed by atoms with Crippen molar-refractivity contribution in [2.24, 2.45) is 68.5 Å². The lowest BCUT2D eigenvalue weighted by Crippen LogP contribution is -2.43. The lowest BCUT2D eigenvalue weighted by Gasteiger charge is -2.40. The highest BCUT2D eigenvalue weighted by atomic mass is 19.4. The Balaban J connectivity index is -0.000000139. The molecule has 2 unspecified atom stereocenters. The second-order valence-corrected chi connectivity index (χ2v) is 23.0. The Hall–Kier alpha value is -1.47. The van der Waals surface area contributed by atoms with Crippen LogP contribution in [-0.2, 0) is 0 Å². The maximum Gasteiger partial charge on any atom is 0.394 e. The van der Waals surface area contributed by atoms with Crippen LogP contribution < -0.4 is 0 Å². The molecule has 0 amide bonds. The van der Waals surface area contributed by atoms with E-state index in [1.807, 2.05) is 13.8 Å². The van der Waals surface area contributed by atoms with Crippen LogP contribution in [0.15, 0.2) is 0 Å². The fraction of sp³-hybridized carbons (Fsp3) is 1.00. The van der Waals surface area contributed by atoms with Crippen molar-refractivity contribution in [3.05, 3.63) is 0 Å². The molecule has 0 aromatic carbocycles. The Morgan fingerprint density at radius 3 is 0.836 bits per heavy atom. The van der Waals surface area contributed by atoms with Crippen molar-refractivity contribution in [2.45, 2.75) is 267 Å². The van der Waals surface area contributed by atoms with E-state index in [1.165, 1.54) is 55.4 Å². The molecule has 0 spiro atoms. The SMILES string of the molecule is CC(C)(C)C(C)(C)C(F)(F)F.CC(C)[C@@H](C)C(C)C(F)(F)F.CCC(C)(C)CC(F)(F)F.CCC(C)[C@@H](C)C(F)(F)F.CCC(CC)CC(F)(F)F.CCCC(C)(C)C(F)(F)F.CC[C@@H](C)C(C)(C)C(F)(F)F. The summed E-state index contributed by atoms with van der Waals surface area (Å²) in [5, 5.41) is 0. The maximum absolute atomic E-state index is 12.3. The molecule has 0 N–H and O–H groups in total. The highest BCUT2D eigenvalue weighted by Gasteiger charge is 2.54. The Morgan fingerprint density at radius 2 is 0.753 bits per heavy atom. The van der Waals surface area contributed by atoms with Crippen molar-refractivity contribution >= 4 is 0 Å². The average Bonchev–Trinajstić information content (AvgIpc) is 3.16. The molecule has 5 atom stereocenters. The summed E-state index contributed by atoms with van der Waals surface area (Å²) in [5.41, 5.74) is -6.03. The zero-order chi connectivity index (χ0) is 61.4. The van der Waals surface area contributed by atoms with Crippen LogP contribution in [0.4, 0.5) is 92.2 Å². The van der Waals surface area contributed by atoms with Crippen LogP contribution in [0.5, 0.6) is 0 Å². The molecule has 452 valence electrons. The van der Waals surface area contributed by atoms with Crippen molar-refractivity contribution in [3.63, 3.8) is 0 Å². The van der Waals surface area contributed by atoms with E-state index in [9.17, 15) is 92.2 Å². The standard InChI is InChI=1S/3C8H15F3.4C7H13F3/c1-6(2,3)7(4,5)8(9,10)11;1-5-6(2)7(3,4)8(9,10)11;1-5(2)6(3)7(4)8(9,10)11;1-4-6(2,3)5-7(8,9)10;1-4-5-6(2,3)7(8,9)10;1-4-5(2)6(3)7(8,9)10;1-3-6(4-2)5-7(8,9)10/h1-5H3;6H,5H2,1-4H3;5-7H,1-4H3;2*4-5H2,1-3H3;5-6H,4H2,1-3H3;6H,3-5H2,1-2H3/t;6-;6-,7?;;;5?,6-;/m.11..1./s1. The van der Waals surface area contributed by atoms with Crippen molar-refractivity contribution in [2.75, 3.05) is 0 Å². The summed E-state index contributed by atoms with van der Waals surface area (Å²) in [6.07, 6.45) is -25.9. The second kappa shape index (κ2) is 33.7. The van der Waals surface area contributed by atoms with E-state index in [0.717, 1.165) is 0 Å². The minimum absolute atomic E-state index is 0.0895. The van der Waals surface area contributed by atoms with Crippen molar-refractivity contribution in [3.8, 4) is 0 Å². The van der Waals surface area contributed by atoms with E-state index < -0.39 is 95.0 Å². The highest BCUT2D eigenvalue weighted by Crippen LogP contribution is 2.50. The third-order valence-corrected chi connectivity index (χ3v) is 14.5. The smallest absolute Gasteiger partial charge is 0.171 e. The zero-order valence-electron chi connectivity index (χ0n) is 48.3. The van der Waals surface area contributed by atoms with Crippen LogP contribution in [-0.4, -0.2) is 43.2 Å². The molecule has 0 bridgehead atoms. The molecule has 0 heterocycles. The summed E-state index contributed by atoms with van der Waals surface area (Å²) in [6.45, 7) is 37.1. The molecular formula is C52H97F21. The molecule has 0 aromatic heterocycles. The minimum atomic E-state index is -4.12. The van der Waals surface area contributed by atoms with E-state index in [4.69, 9.17) is 0 Å². The molecule has 0 radical (unpaired) electrons. The fourth-order valence-corrected chi connectivity index (χ4v) is 5.11. The van der Waals surface area contributed by atoms with E-state index in [2.05, 4.69) is 0 Å². The van der Waals surface area contributed by atoms with Gasteiger partial charge < -0.3 is 0 Å². The first-order valence-corrected chi connectivity index (χ1v) is 24.9. The second-order valence-electron chi connectivity index (χ2n) is 23.0. The number of halogens is 21. The summed E-state index contributed by atoms with van der Waals surface area (Å²) in [4.78, 5) is 0. The third kappa shape index (κ3) is 40.4. The summed E-state index contributed by atoms with van der Waals surface area (Å²) in [5.74, 6) is -3.33. The molecule has 73 heavy (non-hydrogen) atoms. The molecule has 0 saturated heterocycles. The summed E-state index contributed by atoms with van der Waals surface area (Å²) in [6, 6.07) is 0. The van der Waals surface area contributed by atoms with Crippen molar-refractivity contribution < 1.29 is 92.2 Å². The topological polar surface area (TPSA) is 0 Å². The Morgan fingerprint density at radius 1 is 0.397 bits per heavy atom. The van der Waals surface area contributed by atoms with Gasteiger partial charge >= 0.3 is 43.2 Å². The largest absolute Gasteiger partial charge is 0.394 e. The van der Waals surface area contributed by atoms with Gasteiger partial charge in [-0.25, -0.2) is 0 Å². The first kappa shape index (κ1) is 85.5. The van der Waals surface area contributed by atoms with E-state index in [0.29, 0.717) is 38.5 Å². The van der Waals surface area contributed by atoms with Gasteiger partial charge in [-0.05, 0) is 46.8 Å². The van der Waals surface area contributed by atoms with Gasteiger partial charge in [-0.3, -0.25) is 0 Å². The van der Waals surface area contributed by atoms with Crippen LogP contribution in [0.3, 0.4) is 0 Å². The predicted molar refractivity (Wildman–Crippen MR) is 257 cm³/mol. The quantitative estimate of drug-likeness (QED) is 0.161. The number of rotatable bonds is 13. The van der Waals surface area contributed by atoms with Crippen LogP contribution in [0.1, 0.15) is 224 Å². The van der Waals surface area contributed by atoms with Crippen LogP contribution in [0.25, 0.3) is 0 Å². The van der Waals surface area contributed by atoms with Crippen LogP contribution in [0, 0.1) is 68.5 Å². The van der Waals surface area contributed by atoms with E-state index in [-0.39, 0.29) is 36.0 Å². The highest BCUT2D eigenvalue weighted by molar-refractivity contribution is 4.88. The van der Waals surface area contributed by atoms with Gasteiger partial charge in [0.05, 0.1) is 28.1 Å². The van der Waals surface area contributed by atoms with Crippen LogP contribution in [0.2, 0.25) is 0 Å². The molecule has 0 aliphatic heterocycles. The Labute approximate surface area is 427 Å². The summed E-state index contributed by atoms with van der Waals surface area (Å²) < 4.78 is 252. The lowest BCUT2D eigenvalue weighted by molar-refractivity contribution is -0.243. The number of hydrogen-bond donors (Lipinski definition) is 0. The number of alkyl halides is 21. The number of hydrogen-bond acceptors (Lipinski definition) is 0. The molecule has 0 aromatic rings. The van der Waals surface area contributed by atoms with Gasteiger partial charge in [-0.15, -0.1) is 0 Å². The fourth-order valence-electron chi connectivity index (χ4n) is 5.11. The molecule has 0 nitrogen and oxygen atoms in total. The molecule has 0 rings (SSSR count). The first-order chi connectivity index (χ1) is 31.5. The van der Waals surface area contributed by atoms with Gasteiger partial charge in [0.1, 0.15) is 0 Å². The first-order valence-electron chi connectivity index (χ1n) is 24.9. The Bertz CT molecular complexity index is 1310. The van der Waals surface area contributed by atoms with Gasteiger partial charge in [-0.2, -0.15) is 92.2 Å². The van der Waals surface area contributed by atoms with Crippen molar-refractivity contribution in [1.29, 1.82) is 0 Å². The zero-order valence-corrected chi connectivity index (χ0v) is 48.3. The van der Waals surface area contributed by atoms with Gasteiger partial charge in [0.15, 0.2) is 0 Å². The average molecular weight is 1120 g/mol. The molecule has 0 aliphatic rings. The van der Waals surface area contributed by atoms with Gasteiger partial charge in [-0.1, -0.05) is 205 Å². The molecule has 0 aliphatic carbocycles. The lowest BCUT2D eigenvalue weighted by atomic mass is 9.69. The summed E-state index contributed by atoms with van der Waals surface area (Å²) >= 11 is 0. The maximum atomic E-state index is 12.3. The molecule has 21 heteroatoms.